The molecule has 3 aromatic rings. The van der Waals surface area contributed by atoms with Gasteiger partial charge in [-0.3, -0.25) is 4.90 Å². The molecule has 1 N–H and O–H groups in total. The number of sulfone groups is 1. The molecule has 2 heterocycles. The number of allylic oxidation sites excluding steroid dienone is 2. The lowest BCUT2D eigenvalue weighted by Gasteiger charge is -2.31. The average molecular weight is 583 g/mol. The van der Waals surface area contributed by atoms with Gasteiger partial charge in [0.1, 0.15) is 29.7 Å². The number of ether oxygens (including phenoxy) is 2. The number of halogens is 2. The molecule has 1 atom stereocenters. The maximum atomic E-state index is 15.4. The molecule has 0 amide bonds. The zero-order chi connectivity index (χ0) is 28.4. The van der Waals surface area contributed by atoms with Gasteiger partial charge in [0.15, 0.2) is 0 Å². The number of rotatable bonds is 7. The summed E-state index contributed by atoms with van der Waals surface area (Å²) >= 11 is 6.48. The number of esters is 1. The number of dihydropyridines is 1. The van der Waals surface area contributed by atoms with Gasteiger partial charge in [-0.25, -0.2) is 17.6 Å². The van der Waals surface area contributed by atoms with Crippen LogP contribution in [0, 0.1) is 5.82 Å². The predicted molar refractivity (Wildman–Crippen MR) is 150 cm³/mol. The lowest BCUT2D eigenvalue weighted by molar-refractivity contribution is -0.139. The Morgan fingerprint density at radius 3 is 2.58 bits per heavy atom. The monoisotopic (exact) mass is 582 g/mol. The quantitative estimate of drug-likeness (QED) is 0.384. The van der Waals surface area contributed by atoms with Crippen LogP contribution in [0.1, 0.15) is 24.0 Å². The van der Waals surface area contributed by atoms with E-state index in [1.54, 1.807) is 25.1 Å². The number of likely N-dealkylation sites (N-methyl/N-ethyl adjacent to an activating group) is 1. The van der Waals surface area contributed by atoms with Gasteiger partial charge in [0.2, 0.25) is 9.84 Å². The van der Waals surface area contributed by atoms with Crippen LogP contribution in [0.25, 0.3) is 0 Å². The Bertz CT molecular complexity index is 1600. The summed E-state index contributed by atoms with van der Waals surface area (Å²) in [6.45, 7) is 2.62. The second-order valence-corrected chi connectivity index (χ2v) is 12.0. The topological polar surface area (TPSA) is 84.9 Å². The number of fused-ring (bicyclic) bond motifs is 1. The van der Waals surface area contributed by atoms with Crippen molar-refractivity contribution >= 4 is 27.4 Å². The molecule has 7 nitrogen and oxygen atoms in total. The number of nitrogens with one attached hydrogen (secondary N) is 1. The van der Waals surface area contributed by atoms with Crippen LogP contribution >= 0.6 is 11.6 Å². The third kappa shape index (κ3) is 5.37. The van der Waals surface area contributed by atoms with Gasteiger partial charge in [-0.2, -0.15) is 0 Å². The van der Waals surface area contributed by atoms with Crippen molar-refractivity contribution < 1.29 is 27.1 Å². The third-order valence-corrected chi connectivity index (χ3v) is 9.21. The molecule has 0 saturated carbocycles. The Morgan fingerprint density at radius 2 is 1.82 bits per heavy atom. The number of carbonyl (C=O) groups is 1. The van der Waals surface area contributed by atoms with E-state index in [4.69, 9.17) is 21.1 Å². The van der Waals surface area contributed by atoms with Gasteiger partial charge in [-0.05, 0) is 43.8 Å². The highest BCUT2D eigenvalue weighted by atomic mass is 35.5. The molecular formula is C30H28ClFN2O5S. The van der Waals surface area contributed by atoms with E-state index < -0.39 is 27.5 Å². The molecule has 208 valence electrons. The second-order valence-electron chi connectivity index (χ2n) is 9.67. The SMILES string of the molecule is CC1=C(C(=O)OCCN(C)Cc2ccccc2)C(c2c(F)cccc2Cl)C2=C(COc3ccccc3S2(=O)=O)N1. The van der Waals surface area contributed by atoms with Crippen molar-refractivity contribution in [3.8, 4) is 5.75 Å². The normalized spacial score (nSPS) is 17.9. The molecule has 40 heavy (non-hydrogen) atoms. The summed E-state index contributed by atoms with van der Waals surface area (Å²) in [6, 6.07) is 20.2. The fourth-order valence-corrected chi connectivity index (χ4v) is 7.18. The Kier molecular flexibility index (Phi) is 7.98. The highest BCUT2D eigenvalue weighted by Gasteiger charge is 2.45. The van der Waals surface area contributed by atoms with Crippen molar-refractivity contribution in [2.45, 2.75) is 24.3 Å². The molecule has 2 aliphatic rings. The standard InChI is InChI=1S/C30H28ClFN2O5S/c1-19-26(30(35)38-16-15-34(2)17-20-9-4-3-5-10-20)28(27-21(31)11-8-12-22(27)32)29-23(33-19)18-39-24-13-6-7-14-25(24)40(29,36)37/h3-14,28,33H,15-18H2,1-2H3. The van der Waals surface area contributed by atoms with Crippen LogP contribution in [0.15, 0.2) is 99.6 Å². The van der Waals surface area contributed by atoms with Crippen LogP contribution in [0.3, 0.4) is 0 Å². The fourth-order valence-electron chi connectivity index (χ4n) is 5.04. The first-order chi connectivity index (χ1) is 19.2. The molecule has 5 rings (SSSR count). The summed E-state index contributed by atoms with van der Waals surface area (Å²) in [6.07, 6.45) is 0. The smallest absolute Gasteiger partial charge is 0.336 e. The number of benzene rings is 3. The van der Waals surface area contributed by atoms with E-state index in [0.29, 0.717) is 18.8 Å². The van der Waals surface area contributed by atoms with Crippen molar-refractivity contribution in [2.75, 3.05) is 26.8 Å². The lowest BCUT2D eigenvalue weighted by atomic mass is 9.86. The molecule has 0 saturated heterocycles. The fraction of sp³-hybridized carbons (Fsp3) is 0.233. The van der Waals surface area contributed by atoms with E-state index in [1.807, 2.05) is 42.3 Å². The first-order valence-electron chi connectivity index (χ1n) is 12.7. The highest BCUT2D eigenvalue weighted by molar-refractivity contribution is 7.95. The van der Waals surface area contributed by atoms with E-state index >= 15 is 4.39 Å². The average Bonchev–Trinajstić information content (AvgIpc) is 3.02. The third-order valence-electron chi connectivity index (χ3n) is 6.90. The van der Waals surface area contributed by atoms with Crippen LogP contribution in [-0.4, -0.2) is 46.1 Å². The zero-order valence-electron chi connectivity index (χ0n) is 22.0. The molecule has 0 spiro atoms. The van der Waals surface area contributed by atoms with E-state index in [2.05, 4.69) is 5.32 Å². The molecule has 1 unspecified atom stereocenters. The van der Waals surface area contributed by atoms with Crippen LogP contribution in [0.2, 0.25) is 5.02 Å². The first kappa shape index (κ1) is 27.9. The maximum Gasteiger partial charge on any atom is 0.336 e. The van der Waals surface area contributed by atoms with Crippen molar-refractivity contribution in [1.82, 2.24) is 10.2 Å². The van der Waals surface area contributed by atoms with Gasteiger partial charge in [0.25, 0.3) is 0 Å². The van der Waals surface area contributed by atoms with Crippen molar-refractivity contribution in [3.05, 3.63) is 117 Å². The van der Waals surface area contributed by atoms with Gasteiger partial charge in [0.05, 0.1) is 22.1 Å². The first-order valence-corrected chi connectivity index (χ1v) is 14.6. The Labute approximate surface area is 237 Å². The molecule has 0 bridgehead atoms. The van der Waals surface area contributed by atoms with Gasteiger partial charge < -0.3 is 14.8 Å². The highest BCUT2D eigenvalue weighted by Crippen LogP contribution is 2.48. The predicted octanol–water partition coefficient (Wildman–Crippen LogP) is 5.19. The Balaban J connectivity index is 1.50. The number of para-hydroxylation sites is 1. The molecule has 2 aliphatic heterocycles. The molecule has 0 aliphatic carbocycles. The van der Waals surface area contributed by atoms with Gasteiger partial charge >= 0.3 is 5.97 Å². The van der Waals surface area contributed by atoms with E-state index in [9.17, 15) is 13.2 Å². The molecule has 0 fully saturated rings. The summed E-state index contributed by atoms with van der Waals surface area (Å²) in [7, 11) is -2.35. The Morgan fingerprint density at radius 1 is 1.10 bits per heavy atom. The molecule has 3 aromatic carbocycles. The minimum absolute atomic E-state index is 0.00639. The van der Waals surface area contributed by atoms with Gasteiger partial charge in [0, 0.05) is 29.4 Å². The Hall–Kier alpha value is -3.66. The minimum atomic E-state index is -4.25. The minimum Gasteiger partial charge on any atom is -0.486 e. The molecular weight excluding hydrogens is 555 g/mol. The summed E-state index contributed by atoms with van der Waals surface area (Å²) < 4.78 is 55.1. The molecule has 0 radical (unpaired) electrons. The zero-order valence-corrected chi connectivity index (χ0v) is 23.6. The lowest BCUT2D eigenvalue weighted by Crippen LogP contribution is -2.34. The second kappa shape index (κ2) is 11.4. The summed E-state index contributed by atoms with van der Waals surface area (Å²) in [5.74, 6) is -2.68. The number of hydrogen-bond donors (Lipinski definition) is 1. The van der Waals surface area contributed by atoms with Gasteiger partial charge in [-0.1, -0.05) is 60.1 Å². The van der Waals surface area contributed by atoms with Crippen molar-refractivity contribution in [2.24, 2.45) is 0 Å². The van der Waals surface area contributed by atoms with Crippen molar-refractivity contribution in [1.29, 1.82) is 0 Å². The summed E-state index contributed by atoms with van der Waals surface area (Å²) in [5.41, 5.74) is 1.50. The summed E-state index contributed by atoms with van der Waals surface area (Å²) in [5, 5.41) is 3.02. The van der Waals surface area contributed by atoms with Crippen LogP contribution in [0.5, 0.6) is 5.75 Å². The molecule has 0 aromatic heterocycles. The maximum absolute atomic E-state index is 15.4. The van der Waals surface area contributed by atoms with E-state index in [0.717, 1.165) is 5.56 Å². The number of nitrogens with zero attached hydrogens (tertiary/aromatic N) is 1. The van der Waals surface area contributed by atoms with Gasteiger partial charge in [-0.15, -0.1) is 0 Å². The largest absolute Gasteiger partial charge is 0.486 e. The number of carbonyl (C=O) groups excluding carboxylic acids is 1. The number of hydrogen-bond acceptors (Lipinski definition) is 7. The molecule has 10 heteroatoms. The van der Waals surface area contributed by atoms with Crippen LogP contribution in [-0.2, 0) is 25.9 Å². The van der Waals surface area contributed by atoms with Crippen LogP contribution < -0.4 is 10.1 Å². The van der Waals surface area contributed by atoms with Crippen molar-refractivity contribution in [3.63, 3.8) is 0 Å². The van der Waals surface area contributed by atoms with E-state index in [1.165, 1.54) is 24.3 Å². The van der Waals surface area contributed by atoms with E-state index in [-0.39, 0.29) is 50.6 Å². The summed E-state index contributed by atoms with van der Waals surface area (Å²) in [4.78, 5) is 15.4. The van der Waals surface area contributed by atoms with Crippen LogP contribution in [0.4, 0.5) is 4.39 Å².